The van der Waals surface area contributed by atoms with Crippen LogP contribution in [0.4, 0.5) is 15.8 Å². The van der Waals surface area contributed by atoms with Gasteiger partial charge < -0.3 is 10.6 Å². The van der Waals surface area contributed by atoms with Crippen molar-refractivity contribution in [3.8, 4) is 0 Å². The van der Waals surface area contributed by atoms with Crippen LogP contribution in [0.15, 0.2) is 48.5 Å². The number of anilines is 2. The van der Waals surface area contributed by atoms with E-state index in [9.17, 15) is 14.0 Å². The van der Waals surface area contributed by atoms with Gasteiger partial charge in [-0.25, -0.2) is 4.39 Å². The van der Waals surface area contributed by atoms with E-state index < -0.39 is 11.7 Å². The van der Waals surface area contributed by atoms with Gasteiger partial charge in [0.05, 0.1) is 5.92 Å². The second-order valence-electron chi connectivity index (χ2n) is 4.89. The molecule has 1 aliphatic heterocycles. The van der Waals surface area contributed by atoms with E-state index in [2.05, 4.69) is 10.6 Å². The monoisotopic (exact) mass is 284 g/mol. The van der Waals surface area contributed by atoms with E-state index in [1.165, 1.54) is 12.1 Å². The molecule has 0 unspecified atom stereocenters. The summed E-state index contributed by atoms with van der Waals surface area (Å²) in [5.41, 5.74) is 1.65. The van der Waals surface area contributed by atoms with Gasteiger partial charge in [-0.2, -0.15) is 0 Å². The fourth-order valence-electron chi connectivity index (χ4n) is 2.42. The highest BCUT2D eigenvalue weighted by Gasteiger charge is 2.30. The van der Waals surface area contributed by atoms with Gasteiger partial charge >= 0.3 is 0 Å². The summed E-state index contributed by atoms with van der Waals surface area (Å²) in [6, 6.07) is 13.1. The van der Waals surface area contributed by atoms with Gasteiger partial charge in [-0.3, -0.25) is 9.59 Å². The van der Waals surface area contributed by atoms with Crippen LogP contribution in [0.1, 0.15) is 17.9 Å². The minimum Gasteiger partial charge on any atom is -0.326 e. The van der Waals surface area contributed by atoms with Gasteiger partial charge in [-0.1, -0.05) is 24.3 Å². The minimum atomic E-state index is -0.616. The first-order chi connectivity index (χ1) is 10.1. The number of rotatable bonds is 2. The van der Waals surface area contributed by atoms with Crippen LogP contribution in [0.25, 0.3) is 0 Å². The molecule has 21 heavy (non-hydrogen) atoms. The predicted molar refractivity (Wildman–Crippen MR) is 77.5 cm³/mol. The zero-order valence-corrected chi connectivity index (χ0v) is 11.1. The van der Waals surface area contributed by atoms with Crippen LogP contribution < -0.4 is 10.6 Å². The van der Waals surface area contributed by atoms with Gasteiger partial charge in [0.25, 0.3) is 0 Å². The highest BCUT2D eigenvalue weighted by Crippen LogP contribution is 2.33. The number of fused-ring (bicyclic) bond motifs is 1. The first-order valence-corrected chi connectivity index (χ1v) is 6.59. The standard InChI is InChI=1S/C16H13FN2O2/c17-10-6-7-12-13(9-15(20)19-14(12)8-10)16(21)18-11-4-2-1-3-5-11/h1-8,13H,9H2,(H,18,21)(H,19,20)/t13-/m1/s1. The normalized spacial score (nSPS) is 16.8. The maximum Gasteiger partial charge on any atom is 0.232 e. The molecule has 0 aromatic heterocycles. The number of carbonyl (C=O) groups excluding carboxylic acids is 2. The molecular weight excluding hydrogens is 271 g/mol. The first-order valence-electron chi connectivity index (χ1n) is 6.59. The van der Waals surface area contributed by atoms with Crippen LogP contribution >= 0.6 is 0 Å². The molecule has 0 spiro atoms. The van der Waals surface area contributed by atoms with Crippen molar-refractivity contribution in [1.82, 2.24) is 0 Å². The third-order valence-electron chi connectivity index (χ3n) is 3.41. The topological polar surface area (TPSA) is 58.2 Å². The summed E-state index contributed by atoms with van der Waals surface area (Å²) >= 11 is 0. The van der Waals surface area contributed by atoms with Crippen LogP contribution in [0.5, 0.6) is 0 Å². The number of benzene rings is 2. The number of hydrogen-bond donors (Lipinski definition) is 2. The van der Waals surface area contributed by atoms with Crippen LogP contribution in [0.3, 0.4) is 0 Å². The smallest absolute Gasteiger partial charge is 0.232 e. The van der Waals surface area contributed by atoms with E-state index in [1.54, 1.807) is 18.2 Å². The molecule has 1 atom stereocenters. The fraction of sp³-hybridized carbons (Fsp3) is 0.125. The van der Waals surface area contributed by atoms with Crippen molar-refractivity contribution in [1.29, 1.82) is 0 Å². The van der Waals surface area contributed by atoms with Gasteiger partial charge in [0, 0.05) is 17.8 Å². The summed E-state index contributed by atoms with van der Waals surface area (Å²) in [6.07, 6.45) is 0.0529. The largest absolute Gasteiger partial charge is 0.326 e. The van der Waals surface area contributed by atoms with E-state index in [-0.39, 0.29) is 18.2 Å². The number of amides is 2. The van der Waals surface area contributed by atoms with E-state index in [1.807, 2.05) is 18.2 Å². The highest BCUT2D eigenvalue weighted by atomic mass is 19.1. The summed E-state index contributed by atoms with van der Waals surface area (Å²) in [6.45, 7) is 0. The Kier molecular flexibility index (Phi) is 3.39. The van der Waals surface area contributed by atoms with Crippen molar-refractivity contribution in [3.05, 3.63) is 59.9 Å². The van der Waals surface area contributed by atoms with Crippen LogP contribution in [-0.2, 0) is 9.59 Å². The third kappa shape index (κ3) is 2.76. The Labute approximate surface area is 121 Å². The van der Waals surface area contributed by atoms with Crippen LogP contribution in [-0.4, -0.2) is 11.8 Å². The lowest BCUT2D eigenvalue weighted by Crippen LogP contribution is -2.30. The Morgan fingerprint density at radius 1 is 1.19 bits per heavy atom. The first kappa shape index (κ1) is 13.3. The van der Waals surface area contributed by atoms with Crippen molar-refractivity contribution in [2.45, 2.75) is 12.3 Å². The van der Waals surface area contributed by atoms with Crippen molar-refractivity contribution in [2.24, 2.45) is 0 Å². The molecule has 5 heteroatoms. The summed E-state index contributed by atoms with van der Waals surface area (Å²) in [4.78, 5) is 24.1. The van der Waals surface area contributed by atoms with Crippen molar-refractivity contribution < 1.29 is 14.0 Å². The van der Waals surface area contributed by atoms with Crippen molar-refractivity contribution in [2.75, 3.05) is 10.6 Å². The number of hydrogen-bond acceptors (Lipinski definition) is 2. The molecule has 1 aliphatic rings. The summed E-state index contributed by atoms with van der Waals surface area (Å²) in [5, 5.41) is 5.37. The van der Waals surface area contributed by atoms with E-state index >= 15 is 0 Å². The minimum absolute atomic E-state index is 0.0529. The third-order valence-corrected chi connectivity index (χ3v) is 3.41. The van der Waals surface area contributed by atoms with Crippen molar-refractivity contribution >= 4 is 23.2 Å². The molecule has 0 bridgehead atoms. The Balaban J connectivity index is 1.89. The number of nitrogens with one attached hydrogen (secondary N) is 2. The molecule has 0 aliphatic carbocycles. The Bertz CT molecular complexity index is 701. The molecule has 106 valence electrons. The number of para-hydroxylation sites is 1. The fourth-order valence-corrected chi connectivity index (χ4v) is 2.42. The van der Waals surface area contributed by atoms with E-state index in [4.69, 9.17) is 0 Å². The molecule has 2 N–H and O–H groups in total. The zero-order chi connectivity index (χ0) is 14.8. The molecule has 0 saturated carbocycles. The summed E-state index contributed by atoms with van der Waals surface area (Å²) < 4.78 is 13.2. The van der Waals surface area contributed by atoms with Gasteiger partial charge in [0.15, 0.2) is 0 Å². The predicted octanol–water partition coefficient (Wildman–Crippen LogP) is 2.89. The lowest BCUT2D eigenvalue weighted by molar-refractivity contribution is -0.123. The Morgan fingerprint density at radius 2 is 1.95 bits per heavy atom. The highest BCUT2D eigenvalue weighted by molar-refractivity contribution is 6.05. The summed E-state index contributed by atoms with van der Waals surface area (Å²) in [7, 11) is 0. The second-order valence-corrected chi connectivity index (χ2v) is 4.89. The number of carbonyl (C=O) groups is 2. The second kappa shape index (κ2) is 5.36. The van der Waals surface area contributed by atoms with E-state index in [0.29, 0.717) is 16.9 Å². The average molecular weight is 284 g/mol. The van der Waals surface area contributed by atoms with Crippen molar-refractivity contribution in [3.63, 3.8) is 0 Å². The quantitative estimate of drug-likeness (QED) is 0.891. The molecule has 0 radical (unpaired) electrons. The average Bonchev–Trinajstić information content (AvgIpc) is 2.47. The van der Waals surface area contributed by atoms with Crippen LogP contribution in [0, 0.1) is 5.82 Å². The maximum absolute atomic E-state index is 13.2. The summed E-state index contributed by atoms with van der Waals surface area (Å²) in [5.74, 6) is -1.63. The lowest BCUT2D eigenvalue weighted by Gasteiger charge is -2.24. The maximum atomic E-state index is 13.2. The Morgan fingerprint density at radius 3 is 2.71 bits per heavy atom. The lowest BCUT2D eigenvalue weighted by atomic mass is 9.89. The molecule has 0 fully saturated rings. The SMILES string of the molecule is O=C1C[C@@H](C(=O)Nc2ccccc2)c2ccc(F)cc2N1. The molecular formula is C16H13FN2O2. The number of halogens is 1. The molecule has 0 saturated heterocycles. The molecule has 4 nitrogen and oxygen atoms in total. The molecule has 2 amide bonds. The van der Waals surface area contributed by atoms with Gasteiger partial charge in [-0.05, 0) is 29.8 Å². The van der Waals surface area contributed by atoms with Gasteiger partial charge in [0.1, 0.15) is 5.82 Å². The molecule has 2 aromatic rings. The van der Waals surface area contributed by atoms with Gasteiger partial charge in [-0.15, -0.1) is 0 Å². The van der Waals surface area contributed by atoms with E-state index in [0.717, 1.165) is 0 Å². The van der Waals surface area contributed by atoms with Crippen LogP contribution in [0.2, 0.25) is 0 Å². The molecule has 1 heterocycles. The Hall–Kier alpha value is -2.69. The van der Waals surface area contributed by atoms with Gasteiger partial charge in [0.2, 0.25) is 11.8 Å². The zero-order valence-electron chi connectivity index (χ0n) is 11.1. The molecule has 2 aromatic carbocycles. The molecule has 3 rings (SSSR count).